The van der Waals surface area contributed by atoms with Gasteiger partial charge in [-0.2, -0.15) is 0 Å². The molecular formula is C29H32Cl2N2O2S. The van der Waals surface area contributed by atoms with Crippen LogP contribution in [0.2, 0.25) is 10.0 Å². The van der Waals surface area contributed by atoms with Gasteiger partial charge < -0.3 is 10.2 Å². The highest BCUT2D eigenvalue weighted by Gasteiger charge is 2.30. The summed E-state index contributed by atoms with van der Waals surface area (Å²) < 4.78 is 0. The number of nitrogens with one attached hydrogen (secondary N) is 1. The molecule has 2 amide bonds. The molecule has 0 saturated carbocycles. The summed E-state index contributed by atoms with van der Waals surface area (Å²) in [7, 11) is 0. The van der Waals surface area contributed by atoms with Crippen LogP contribution in [0.1, 0.15) is 31.4 Å². The first-order chi connectivity index (χ1) is 17.3. The van der Waals surface area contributed by atoms with Gasteiger partial charge in [0.15, 0.2) is 0 Å². The molecule has 4 nitrogen and oxygen atoms in total. The number of rotatable bonds is 12. The molecule has 1 atom stereocenters. The normalized spacial score (nSPS) is 11.8. The molecule has 0 radical (unpaired) electrons. The Hall–Kier alpha value is -2.47. The van der Waals surface area contributed by atoms with Gasteiger partial charge in [0.1, 0.15) is 6.04 Å². The van der Waals surface area contributed by atoms with Crippen LogP contribution in [0.15, 0.2) is 83.8 Å². The van der Waals surface area contributed by atoms with E-state index in [1.54, 1.807) is 28.8 Å². The number of nitrogens with zero attached hydrogens (tertiary/aromatic N) is 1. The van der Waals surface area contributed by atoms with Crippen molar-refractivity contribution in [3.05, 3.63) is 100 Å². The minimum absolute atomic E-state index is 0.0786. The van der Waals surface area contributed by atoms with Crippen LogP contribution in [0.3, 0.4) is 0 Å². The van der Waals surface area contributed by atoms with E-state index in [9.17, 15) is 9.59 Å². The van der Waals surface area contributed by atoms with Crippen LogP contribution in [0.4, 0.5) is 0 Å². The van der Waals surface area contributed by atoms with Crippen LogP contribution in [0, 0.1) is 5.92 Å². The largest absolute Gasteiger partial charge is 0.354 e. The number of thioether (sulfide) groups is 1. The lowest BCUT2D eigenvalue weighted by molar-refractivity contribution is -0.141. The van der Waals surface area contributed by atoms with Crippen LogP contribution in [0.25, 0.3) is 0 Å². The number of amides is 2. The molecule has 0 aromatic heterocycles. The third kappa shape index (κ3) is 8.88. The molecular weight excluding hydrogens is 511 g/mol. The second-order valence-corrected chi connectivity index (χ2v) is 11.0. The molecule has 190 valence electrons. The highest BCUT2D eigenvalue weighted by Crippen LogP contribution is 2.25. The van der Waals surface area contributed by atoms with Crippen molar-refractivity contribution in [1.29, 1.82) is 0 Å². The van der Waals surface area contributed by atoms with Gasteiger partial charge in [-0.05, 0) is 41.3 Å². The van der Waals surface area contributed by atoms with Crippen molar-refractivity contribution in [2.45, 2.75) is 44.2 Å². The van der Waals surface area contributed by atoms with Gasteiger partial charge in [0, 0.05) is 36.6 Å². The van der Waals surface area contributed by atoms with E-state index in [0.717, 1.165) is 16.0 Å². The van der Waals surface area contributed by atoms with Gasteiger partial charge in [0.2, 0.25) is 11.8 Å². The summed E-state index contributed by atoms with van der Waals surface area (Å²) >= 11 is 14.0. The Morgan fingerprint density at radius 1 is 0.889 bits per heavy atom. The minimum atomic E-state index is -0.658. The van der Waals surface area contributed by atoms with Crippen molar-refractivity contribution in [2.24, 2.45) is 5.92 Å². The molecule has 3 aromatic rings. The molecule has 36 heavy (non-hydrogen) atoms. The molecule has 3 aromatic carbocycles. The first-order valence-electron chi connectivity index (χ1n) is 12.1. The lowest BCUT2D eigenvalue weighted by Crippen LogP contribution is -2.51. The molecule has 7 heteroatoms. The molecule has 1 N–H and O–H groups in total. The fourth-order valence-electron chi connectivity index (χ4n) is 3.73. The summed E-state index contributed by atoms with van der Waals surface area (Å²) in [4.78, 5) is 29.9. The first kappa shape index (κ1) is 28.1. The Kier molecular flexibility index (Phi) is 11.2. The van der Waals surface area contributed by atoms with E-state index in [2.05, 4.69) is 5.32 Å². The summed E-state index contributed by atoms with van der Waals surface area (Å²) in [6.45, 7) is 4.90. The molecule has 3 rings (SSSR count). The van der Waals surface area contributed by atoms with Crippen LogP contribution in [0.5, 0.6) is 0 Å². The van der Waals surface area contributed by atoms with Gasteiger partial charge in [-0.3, -0.25) is 9.59 Å². The van der Waals surface area contributed by atoms with Gasteiger partial charge in [0.05, 0.1) is 10.0 Å². The Morgan fingerprint density at radius 3 is 2.19 bits per heavy atom. The summed E-state index contributed by atoms with van der Waals surface area (Å²) in [5.41, 5.74) is 1.82. The minimum Gasteiger partial charge on any atom is -0.354 e. The lowest BCUT2D eigenvalue weighted by Gasteiger charge is -2.32. The number of carbonyl (C=O) groups is 2. The standard InChI is InChI=1S/C29H32Cl2N2O2S/c1-21(2)19-32-29(35)27(18-22-9-5-3-6-10-22)33(20-23-13-14-25(30)26(31)17-23)28(34)15-16-36-24-11-7-4-8-12-24/h3-14,17,21,27H,15-16,18-20H2,1-2H3,(H,32,35)/t27-/m0/s1. The molecule has 0 heterocycles. The maximum Gasteiger partial charge on any atom is 0.243 e. The average Bonchev–Trinajstić information content (AvgIpc) is 2.88. The quantitative estimate of drug-likeness (QED) is 0.253. The topological polar surface area (TPSA) is 49.4 Å². The smallest absolute Gasteiger partial charge is 0.243 e. The van der Waals surface area contributed by atoms with Gasteiger partial charge in [0.25, 0.3) is 0 Å². The molecule has 0 spiro atoms. The van der Waals surface area contributed by atoms with Crippen LogP contribution >= 0.6 is 35.0 Å². The van der Waals surface area contributed by atoms with Crippen LogP contribution < -0.4 is 5.32 Å². The summed E-state index contributed by atoms with van der Waals surface area (Å²) in [5.74, 6) is 0.682. The number of benzene rings is 3. The zero-order valence-corrected chi connectivity index (χ0v) is 23.0. The predicted octanol–water partition coefficient (Wildman–Crippen LogP) is 6.89. The Balaban J connectivity index is 1.86. The van der Waals surface area contributed by atoms with Crippen molar-refractivity contribution in [1.82, 2.24) is 10.2 Å². The van der Waals surface area contributed by atoms with Gasteiger partial charge in [-0.25, -0.2) is 0 Å². The third-order valence-electron chi connectivity index (χ3n) is 5.62. The summed E-state index contributed by atoms with van der Waals surface area (Å²) in [6, 6.07) is 24.5. The Labute approximate surface area is 228 Å². The third-order valence-corrected chi connectivity index (χ3v) is 7.37. The number of hydrogen-bond donors (Lipinski definition) is 1. The van der Waals surface area contributed by atoms with E-state index < -0.39 is 6.04 Å². The van der Waals surface area contributed by atoms with Crippen LogP contribution in [-0.2, 0) is 22.6 Å². The van der Waals surface area contributed by atoms with E-state index in [4.69, 9.17) is 23.2 Å². The number of halogens is 2. The average molecular weight is 544 g/mol. The fourth-order valence-corrected chi connectivity index (χ4v) is 4.91. The summed E-state index contributed by atoms with van der Waals surface area (Å²) in [6.07, 6.45) is 0.729. The molecule has 0 aliphatic heterocycles. The van der Waals surface area contributed by atoms with Crippen LogP contribution in [-0.4, -0.2) is 35.1 Å². The van der Waals surface area contributed by atoms with E-state index >= 15 is 0 Å². The van der Waals surface area contributed by atoms with E-state index in [0.29, 0.717) is 41.1 Å². The van der Waals surface area contributed by atoms with Crippen molar-refractivity contribution >= 4 is 46.8 Å². The monoisotopic (exact) mass is 542 g/mol. The second kappa shape index (κ2) is 14.3. The lowest BCUT2D eigenvalue weighted by atomic mass is 10.0. The highest BCUT2D eigenvalue weighted by atomic mass is 35.5. The van der Waals surface area contributed by atoms with E-state index in [1.807, 2.05) is 80.6 Å². The highest BCUT2D eigenvalue weighted by molar-refractivity contribution is 7.99. The van der Waals surface area contributed by atoms with Crippen molar-refractivity contribution in [2.75, 3.05) is 12.3 Å². The Bertz CT molecular complexity index is 1130. The molecule has 0 aliphatic carbocycles. The first-order valence-corrected chi connectivity index (χ1v) is 13.8. The number of hydrogen-bond acceptors (Lipinski definition) is 3. The zero-order chi connectivity index (χ0) is 25.9. The number of carbonyl (C=O) groups excluding carboxylic acids is 2. The van der Waals surface area contributed by atoms with Crippen molar-refractivity contribution < 1.29 is 9.59 Å². The molecule has 0 fully saturated rings. The maximum atomic E-state index is 13.6. The Morgan fingerprint density at radius 2 is 1.56 bits per heavy atom. The van der Waals surface area contributed by atoms with Gasteiger partial charge in [-0.1, -0.05) is 91.6 Å². The summed E-state index contributed by atoms with van der Waals surface area (Å²) in [5, 5.41) is 3.91. The van der Waals surface area contributed by atoms with Gasteiger partial charge >= 0.3 is 0 Å². The molecule has 0 bridgehead atoms. The van der Waals surface area contributed by atoms with Crippen molar-refractivity contribution in [3.63, 3.8) is 0 Å². The van der Waals surface area contributed by atoms with Gasteiger partial charge in [-0.15, -0.1) is 11.8 Å². The zero-order valence-electron chi connectivity index (χ0n) is 20.6. The molecule has 0 aliphatic rings. The fraction of sp³-hybridized carbons (Fsp3) is 0.310. The van der Waals surface area contributed by atoms with E-state index in [-0.39, 0.29) is 18.4 Å². The predicted molar refractivity (Wildman–Crippen MR) is 151 cm³/mol. The maximum absolute atomic E-state index is 13.6. The SMILES string of the molecule is CC(C)CNC(=O)[C@H](Cc1ccccc1)N(Cc1ccc(Cl)c(Cl)c1)C(=O)CCSc1ccccc1. The van der Waals surface area contributed by atoms with E-state index in [1.165, 1.54) is 0 Å². The van der Waals surface area contributed by atoms with Crippen molar-refractivity contribution in [3.8, 4) is 0 Å². The molecule has 0 saturated heterocycles. The second-order valence-electron chi connectivity index (χ2n) is 9.03. The molecule has 0 unspecified atom stereocenters.